The van der Waals surface area contributed by atoms with Crippen LogP contribution in [-0.4, -0.2) is 23.2 Å². The Labute approximate surface area is 168 Å². The number of amides is 1. The smallest absolute Gasteiger partial charge is 0.426 e. The van der Waals surface area contributed by atoms with Gasteiger partial charge in [-0.25, -0.2) is 19.4 Å². The number of nitrogens with zero attached hydrogens (tertiary/aromatic N) is 1. The summed E-state index contributed by atoms with van der Waals surface area (Å²) in [6, 6.07) is 11.9. The summed E-state index contributed by atoms with van der Waals surface area (Å²) in [5, 5.41) is 10.9. The van der Waals surface area contributed by atoms with E-state index in [9.17, 15) is 19.1 Å². The van der Waals surface area contributed by atoms with Crippen LogP contribution in [0.2, 0.25) is 0 Å². The van der Waals surface area contributed by atoms with Crippen molar-refractivity contribution < 1.29 is 23.8 Å². The summed E-state index contributed by atoms with van der Waals surface area (Å²) in [5.41, 5.74) is 4.50. The normalized spacial score (nSPS) is 20.7. The van der Waals surface area contributed by atoms with Gasteiger partial charge in [0.2, 0.25) is 0 Å². The zero-order chi connectivity index (χ0) is 20.5. The van der Waals surface area contributed by atoms with Gasteiger partial charge < -0.3 is 9.84 Å². The number of hydrazine groups is 1. The monoisotopic (exact) mass is 398 g/mol. The van der Waals surface area contributed by atoms with Crippen molar-refractivity contribution in [3.63, 3.8) is 0 Å². The Balaban J connectivity index is 1.58. The zero-order valence-corrected chi connectivity index (χ0v) is 16.1. The van der Waals surface area contributed by atoms with Crippen LogP contribution in [0.25, 0.3) is 0 Å². The van der Waals surface area contributed by atoms with Crippen LogP contribution < -0.4 is 10.4 Å². The molecule has 0 radical (unpaired) electrons. The van der Waals surface area contributed by atoms with Gasteiger partial charge in [-0.2, -0.15) is 0 Å². The van der Waals surface area contributed by atoms with E-state index >= 15 is 0 Å². The molecule has 0 aromatic heterocycles. The Morgan fingerprint density at radius 1 is 1.24 bits per heavy atom. The lowest BCUT2D eigenvalue weighted by Gasteiger charge is -2.42. The molecular weight excluding hydrogens is 375 g/mol. The number of anilines is 1. The summed E-state index contributed by atoms with van der Waals surface area (Å²) in [4.78, 5) is 23.8. The quantitative estimate of drug-likeness (QED) is 0.791. The molecule has 1 amide bonds. The fourth-order valence-electron chi connectivity index (χ4n) is 4.14. The van der Waals surface area contributed by atoms with E-state index in [0.29, 0.717) is 23.6 Å². The molecule has 2 aromatic rings. The van der Waals surface area contributed by atoms with Crippen molar-refractivity contribution in [1.82, 2.24) is 5.43 Å². The average molecular weight is 398 g/mol. The molecule has 0 saturated heterocycles. The summed E-state index contributed by atoms with van der Waals surface area (Å²) in [6.07, 6.45) is 2.12. The number of hydrogen-bond donors (Lipinski definition) is 2. The highest BCUT2D eigenvalue weighted by Crippen LogP contribution is 2.45. The van der Waals surface area contributed by atoms with E-state index in [-0.39, 0.29) is 24.1 Å². The number of aromatic carboxylic acids is 1. The largest absolute Gasteiger partial charge is 0.478 e. The number of fused-ring (bicyclic) bond motifs is 1. The van der Waals surface area contributed by atoms with Crippen LogP contribution in [0.3, 0.4) is 0 Å². The van der Waals surface area contributed by atoms with Crippen LogP contribution in [0.1, 0.15) is 41.3 Å². The van der Waals surface area contributed by atoms with Crippen molar-refractivity contribution in [2.75, 3.05) is 5.01 Å². The molecule has 2 aromatic carbocycles. The first kappa shape index (κ1) is 19.2. The van der Waals surface area contributed by atoms with Crippen LogP contribution in [0.5, 0.6) is 0 Å². The van der Waals surface area contributed by atoms with Gasteiger partial charge in [0.05, 0.1) is 17.3 Å². The fraction of sp³-hybridized carbons (Fsp3) is 0.364. The topological polar surface area (TPSA) is 78.9 Å². The lowest BCUT2D eigenvalue weighted by atomic mass is 9.84. The van der Waals surface area contributed by atoms with Gasteiger partial charge in [0.1, 0.15) is 12.4 Å². The van der Waals surface area contributed by atoms with Gasteiger partial charge in [-0.1, -0.05) is 37.3 Å². The molecule has 1 aliphatic heterocycles. The molecule has 1 heterocycles. The lowest BCUT2D eigenvalue weighted by Crippen LogP contribution is -2.55. The third-order valence-corrected chi connectivity index (χ3v) is 5.61. The maximum atomic E-state index is 14.4. The molecule has 1 fully saturated rings. The first-order valence-electron chi connectivity index (χ1n) is 9.76. The molecule has 152 valence electrons. The summed E-state index contributed by atoms with van der Waals surface area (Å²) in [5.74, 6) is -1.53. The van der Waals surface area contributed by atoms with Gasteiger partial charge in [-0.15, -0.1) is 0 Å². The van der Waals surface area contributed by atoms with Crippen LogP contribution in [-0.2, 0) is 17.8 Å². The first-order chi connectivity index (χ1) is 13.9. The molecule has 0 bridgehead atoms. The Morgan fingerprint density at radius 3 is 2.62 bits per heavy atom. The number of rotatable bonds is 5. The number of hydrogen-bond acceptors (Lipinski definition) is 4. The molecule has 6 nitrogen and oxygen atoms in total. The van der Waals surface area contributed by atoms with Gasteiger partial charge in [0.15, 0.2) is 0 Å². The standard InChI is InChI=1S/C22H23FN2O4/c1-13-9-16-10-17(21(26)27)18(23)11-19(16)25(20(13)15-7-8-15)24-22(28)29-12-14-5-3-2-4-6-14/h2-6,10-11,13,15,20H,7-9,12H2,1H3,(H,24,28)(H,26,27). The molecule has 29 heavy (non-hydrogen) atoms. The van der Waals surface area contributed by atoms with Crippen molar-refractivity contribution in [3.05, 3.63) is 65.0 Å². The molecule has 1 saturated carbocycles. The Kier molecular flexibility index (Phi) is 5.13. The highest BCUT2D eigenvalue weighted by Gasteiger charge is 2.43. The zero-order valence-electron chi connectivity index (χ0n) is 16.1. The number of halogens is 1. The molecule has 4 rings (SSSR count). The number of carboxylic acids is 1. The minimum Gasteiger partial charge on any atom is -0.478 e. The molecule has 2 unspecified atom stereocenters. The van der Waals surface area contributed by atoms with E-state index in [1.165, 1.54) is 12.1 Å². The van der Waals surface area contributed by atoms with Gasteiger partial charge in [0, 0.05) is 6.07 Å². The number of carbonyl (C=O) groups excluding carboxylic acids is 1. The minimum absolute atomic E-state index is 0.0156. The van der Waals surface area contributed by atoms with Crippen molar-refractivity contribution in [2.24, 2.45) is 11.8 Å². The van der Waals surface area contributed by atoms with Gasteiger partial charge in [-0.05, 0) is 48.3 Å². The molecule has 0 spiro atoms. The molecule has 1 aliphatic carbocycles. The van der Waals surface area contributed by atoms with Crippen molar-refractivity contribution >= 4 is 17.7 Å². The molecule has 2 aliphatic rings. The number of nitrogens with one attached hydrogen (secondary N) is 1. The maximum absolute atomic E-state index is 14.4. The molecule has 2 atom stereocenters. The SMILES string of the molecule is CC1Cc2cc(C(=O)O)c(F)cc2N(NC(=O)OCc2ccccc2)C1C1CC1. The number of carbonyl (C=O) groups is 2. The Morgan fingerprint density at radius 2 is 1.97 bits per heavy atom. The van der Waals surface area contributed by atoms with E-state index in [0.717, 1.165) is 18.4 Å². The van der Waals surface area contributed by atoms with Crippen LogP contribution in [0.4, 0.5) is 14.9 Å². The lowest BCUT2D eigenvalue weighted by molar-refractivity contribution is 0.0691. The molecular formula is C22H23FN2O4. The summed E-state index contributed by atoms with van der Waals surface area (Å²) in [7, 11) is 0. The number of ether oxygens (including phenoxy) is 1. The summed E-state index contributed by atoms with van der Waals surface area (Å²) >= 11 is 0. The predicted molar refractivity (Wildman–Crippen MR) is 105 cm³/mol. The van der Waals surface area contributed by atoms with Gasteiger partial charge in [-0.3, -0.25) is 5.01 Å². The third-order valence-electron chi connectivity index (χ3n) is 5.61. The first-order valence-corrected chi connectivity index (χ1v) is 9.76. The van der Waals surface area contributed by atoms with E-state index < -0.39 is 17.9 Å². The van der Waals surface area contributed by atoms with E-state index in [2.05, 4.69) is 12.3 Å². The highest BCUT2D eigenvalue weighted by molar-refractivity contribution is 5.89. The van der Waals surface area contributed by atoms with E-state index in [4.69, 9.17) is 4.74 Å². The van der Waals surface area contributed by atoms with Gasteiger partial charge in [0.25, 0.3) is 0 Å². The summed E-state index contributed by atoms with van der Waals surface area (Å²) < 4.78 is 19.7. The third kappa shape index (κ3) is 4.04. The van der Waals surface area contributed by atoms with Crippen molar-refractivity contribution in [3.8, 4) is 0 Å². The van der Waals surface area contributed by atoms with E-state index in [1.54, 1.807) is 5.01 Å². The number of benzene rings is 2. The second-order valence-electron chi connectivity index (χ2n) is 7.82. The highest BCUT2D eigenvalue weighted by atomic mass is 19.1. The second kappa shape index (κ2) is 7.73. The Hall–Kier alpha value is -3.09. The van der Waals surface area contributed by atoms with Crippen LogP contribution >= 0.6 is 0 Å². The molecule has 7 heteroatoms. The van der Waals surface area contributed by atoms with Crippen molar-refractivity contribution in [2.45, 2.75) is 38.8 Å². The Bertz CT molecular complexity index is 930. The minimum atomic E-state index is -1.30. The second-order valence-corrected chi connectivity index (χ2v) is 7.82. The van der Waals surface area contributed by atoms with Crippen LogP contribution in [0, 0.1) is 17.7 Å². The fourth-order valence-corrected chi connectivity index (χ4v) is 4.14. The maximum Gasteiger partial charge on any atom is 0.426 e. The average Bonchev–Trinajstić information content (AvgIpc) is 3.52. The van der Waals surface area contributed by atoms with E-state index in [1.807, 2.05) is 30.3 Å². The summed E-state index contributed by atoms with van der Waals surface area (Å²) in [6.45, 7) is 2.20. The van der Waals surface area contributed by atoms with Crippen LogP contribution in [0.15, 0.2) is 42.5 Å². The number of carboxylic acid groups (broad SMARTS) is 1. The van der Waals surface area contributed by atoms with Crippen molar-refractivity contribution in [1.29, 1.82) is 0 Å². The van der Waals surface area contributed by atoms with Gasteiger partial charge >= 0.3 is 12.1 Å². The predicted octanol–water partition coefficient (Wildman–Crippen LogP) is 4.14. The molecule has 2 N–H and O–H groups in total.